The van der Waals surface area contributed by atoms with E-state index in [9.17, 15) is 13.2 Å². The van der Waals surface area contributed by atoms with E-state index in [1.807, 2.05) is 0 Å². The minimum atomic E-state index is -4.36. The molecule has 0 saturated heterocycles. The Morgan fingerprint density at radius 1 is 1.05 bits per heavy atom. The zero-order valence-electron chi connectivity index (χ0n) is 9.76. The molecule has 1 aromatic carbocycles. The molecule has 102 valence electrons. The summed E-state index contributed by atoms with van der Waals surface area (Å²) in [5, 5.41) is 4.77. The van der Waals surface area contributed by atoms with Crippen molar-refractivity contribution in [2.75, 3.05) is 0 Å². The van der Waals surface area contributed by atoms with Gasteiger partial charge in [0.05, 0.1) is 22.8 Å². The van der Waals surface area contributed by atoms with Crippen LogP contribution in [-0.2, 0) is 6.18 Å². The first-order chi connectivity index (χ1) is 9.45. The smallest absolute Gasteiger partial charge is 0.226 e. The molecule has 0 fully saturated rings. The molecule has 2 aromatic heterocycles. The van der Waals surface area contributed by atoms with Gasteiger partial charge in [-0.3, -0.25) is 0 Å². The maximum Gasteiger partial charge on any atom is 0.416 e. The third kappa shape index (κ3) is 2.20. The zero-order chi connectivity index (χ0) is 14.3. The third-order valence-corrected chi connectivity index (χ3v) is 2.90. The van der Waals surface area contributed by atoms with Crippen LogP contribution in [0.4, 0.5) is 13.2 Å². The van der Waals surface area contributed by atoms with E-state index in [1.165, 1.54) is 29.2 Å². The molecular formula is C12H6ClF3N4. The molecule has 2 heterocycles. The predicted molar refractivity (Wildman–Crippen MR) is 66.7 cm³/mol. The zero-order valence-corrected chi connectivity index (χ0v) is 10.5. The van der Waals surface area contributed by atoms with Crippen molar-refractivity contribution < 1.29 is 13.2 Å². The number of fused-ring (bicyclic) bond motifs is 1. The van der Waals surface area contributed by atoms with Crippen molar-refractivity contribution in [1.82, 2.24) is 19.7 Å². The Kier molecular flexibility index (Phi) is 2.86. The third-order valence-electron chi connectivity index (χ3n) is 2.72. The molecule has 0 aliphatic carbocycles. The summed E-state index contributed by atoms with van der Waals surface area (Å²) < 4.78 is 38.9. The fourth-order valence-electron chi connectivity index (χ4n) is 1.78. The minimum Gasteiger partial charge on any atom is -0.226 e. The van der Waals surface area contributed by atoms with Crippen molar-refractivity contribution in [3.05, 3.63) is 47.5 Å². The number of aromatic nitrogens is 4. The molecule has 3 aromatic rings. The van der Waals surface area contributed by atoms with E-state index in [0.717, 1.165) is 12.1 Å². The summed E-state index contributed by atoms with van der Waals surface area (Å²) in [4.78, 5) is 7.83. The first kappa shape index (κ1) is 12.9. The van der Waals surface area contributed by atoms with Crippen molar-refractivity contribution in [2.45, 2.75) is 6.18 Å². The molecule has 0 amide bonds. The van der Waals surface area contributed by atoms with E-state index >= 15 is 0 Å². The normalized spacial score (nSPS) is 12.0. The minimum absolute atomic E-state index is 0.0474. The van der Waals surface area contributed by atoms with Crippen LogP contribution in [0.1, 0.15) is 5.56 Å². The van der Waals surface area contributed by atoms with E-state index < -0.39 is 11.7 Å². The second-order valence-electron chi connectivity index (χ2n) is 4.02. The van der Waals surface area contributed by atoms with Crippen LogP contribution < -0.4 is 0 Å². The molecule has 0 saturated carbocycles. The maximum atomic E-state index is 12.5. The van der Waals surface area contributed by atoms with Gasteiger partial charge in [-0.2, -0.15) is 23.3 Å². The van der Waals surface area contributed by atoms with Gasteiger partial charge in [-0.1, -0.05) is 0 Å². The van der Waals surface area contributed by atoms with Crippen LogP contribution in [0.15, 0.2) is 36.7 Å². The topological polar surface area (TPSA) is 43.6 Å². The van der Waals surface area contributed by atoms with E-state index in [4.69, 9.17) is 11.6 Å². The average Bonchev–Trinajstić information content (AvgIpc) is 2.81. The summed E-state index contributed by atoms with van der Waals surface area (Å²) in [7, 11) is 0. The molecule has 0 unspecified atom stereocenters. The molecule has 0 aliphatic heterocycles. The monoisotopic (exact) mass is 298 g/mol. The highest BCUT2D eigenvalue weighted by molar-refractivity contribution is 6.28. The van der Waals surface area contributed by atoms with E-state index in [2.05, 4.69) is 15.1 Å². The Morgan fingerprint density at radius 2 is 1.75 bits per heavy atom. The molecule has 0 spiro atoms. The van der Waals surface area contributed by atoms with E-state index in [0.29, 0.717) is 16.7 Å². The number of nitrogens with zero attached hydrogens (tertiary/aromatic N) is 4. The van der Waals surface area contributed by atoms with Crippen molar-refractivity contribution in [3.63, 3.8) is 0 Å². The summed E-state index contributed by atoms with van der Waals surface area (Å²) in [5.41, 5.74) is 0.179. The van der Waals surface area contributed by atoms with E-state index in [-0.39, 0.29) is 5.28 Å². The van der Waals surface area contributed by atoms with Gasteiger partial charge in [0.15, 0.2) is 5.65 Å². The lowest BCUT2D eigenvalue weighted by Crippen LogP contribution is -2.05. The fraction of sp³-hybridized carbons (Fsp3) is 0.0833. The number of alkyl halides is 3. The number of hydrogen-bond donors (Lipinski definition) is 0. The van der Waals surface area contributed by atoms with Gasteiger partial charge in [-0.15, -0.1) is 0 Å². The number of rotatable bonds is 1. The van der Waals surface area contributed by atoms with Gasteiger partial charge in [0, 0.05) is 6.20 Å². The van der Waals surface area contributed by atoms with Gasteiger partial charge < -0.3 is 0 Å². The van der Waals surface area contributed by atoms with Crippen LogP contribution in [-0.4, -0.2) is 19.7 Å². The van der Waals surface area contributed by atoms with Gasteiger partial charge in [-0.25, -0.2) is 9.67 Å². The first-order valence-electron chi connectivity index (χ1n) is 5.49. The molecule has 4 nitrogen and oxygen atoms in total. The molecular weight excluding hydrogens is 293 g/mol. The molecule has 0 N–H and O–H groups in total. The largest absolute Gasteiger partial charge is 0.416 e. The van der Waals surface area contributed by atoms with Gasteiger partial charge in [0.2, 0.25) is 5.28 Å². The molecule has 8 heteroatoms. The summed E-state index contributed by atoms with van der Waals surface area (Å²) in [6.07, 6.45) is -1.35. The SMILES string of the molecule is FC(F)(F)c1ccc(-n2ncc3cnc(Cl)nc32)cc1. The number of halogens is 4. The highest BCUT2D eigenvalue weighted by atomic mass is 35.5. The number of benzene rings is 1. The van der Waals surface area contributed by atoms with Gasteiger partial charge in [-0.05, 0) is 35.9 Å². The predicted octanol–water partition coefficient (Wildman–Crippen LogP) is 3.49. The lowest BCUT2D eigenvalue weighted by Gasteiger charge is -2.08. The lowest BCUT2D eigenvalue weighted by atomic mass is 10.2. The van der Waals surface area contributed by atoms with Crippen molar-refractivity contribution in [2.24, 2.45) is 0 Å². The van der Waals surface area contributed by atoms with Crippen LogP contribution in [0.2, 0.25) is 5.28 Å². The molecule has 20 heavy (non-hydrogen) atoms. The highest BCUT2D eigenvalue weighted by Gasteiger charge is 2.30. The maximum absolute atomic E-state index is 12.5. The molecule has 0 aliphatic rings. The molecule has 0 atom stereocenters. The Labute approximate surface area is 115 Å². The van der Waals surface area contributed by atoms with Gasteiger partial charge in [0.1, 0.15) is 0 Å². The average molecular weight is 299 g/mol. The second-order valence-corrected chi connectivity index (χ2v) is 4.36. The second kappa shape index (κ2) is 4.45. The molecule has 0 radical (unpaired) electrons. The van der Waals surface area contributed by atoms with Gasteiger partial charge >= 0.3 is 6.18 Å². The van der Waals surface area contributed by atoms with Crippen LogP contribution >= 0.6 is 11.6 Å². The standard InChI is InChI=1S/C12H6ClF3N4/c13-11-17-5-7-6-18-20(10(7)19-11)9-3-1-8(2-4-9)12(14,15)16/h1-6H. The van der Waals surface area contributed by atoms with Crippen LogP contribution in [0.25, 0.3) is 16.7 Å². The van der Waals surface area contributed by atoms with Crippen LogP contribution in [0.3, 0.4) is 0 Å². The van der Waals surface area contributed by atoms with Crippen LogP contribution in [0, 0.1) is 0 Å². The summed E-state index contributed by atoms with van der Waals surface area (Å²) in [5.74, 6) is 0. The summed E-state index contributed by atoms with van der Waals surface area (Å²) in [6.45, 7) is 0. The van der Waals surface area contributed by atoms with Crippen molar-refractivity contribution in [1.29, 1.82) is 0 Å². The van der Waals surface area contributed by atoms with Crippen molar-refractivity contribution >= 4 is 22.6 Å². The van der Waals surface area contributed by atoms with Crippen molar-refractivity contribution in [3.8, 4) is 5.69 Å². The highest BCUT2D eigenvalue weighted by Crippen LogP contribution is 2.29. The molecule has 3 rings (SSSR count). The Morgan fingerprint density at radius 3 is 2.40 bits per heavy atom. The van der Waals surface area contributed by atoms with E-state index in [1.54, 1.807) is 0 Å². The summed E-state index contributed by atoms with van der Waals surface area (Å²) >= 11 is 5.71. The summed E-state index contributed by atoms with van der Waals surface area (Å²) in [6, 6.07) is 4.63. The molecule has 0 bridgehead atoms. The van der Waals surface area contributed by atoms with Gasteiger partial charge in [0.25, 0.3) is 0 Å². The number of hydrogen-bond acceptors (Lipinski definition) is 3. The Balaban J connectivity index is 2.09. The Hall–Kier alpha value is -2.15. The quantitative estimate of drug-likeness (QED) is 0.646. The van der Waals surface area contributed by atoms with Crippen LogP contribution in [0.5, 0.6) is 0 Å². The lowest BCUT2D eigenvalue weighted by molar-refractivity contribution is -0.137. The Bertz CT molecular complexity index is 764. The fourth-order valence-corrected chi connectivity index (χ4v) is 1.91. The first-order valence-corrected chi connectivity index (χ1v) is 5.87.